The Bertz CT molecular complexity index is 2600. The van der Waals surface area contributed by atoms with Crippen LogP contribution in [0.2, 0.25) is 0 Å². The molecule has 33 heteroatoms. The number of aliphatic carboxylic acids is 7. The number of alkyl carbamates (subject to hydrolysis) is 1. The predicted octanol–water partition coefficient (Wildman–Crippen LogP) is -2.51. The summed E-state index contributed by atoms with van der Waals surface area (Å²) in [6, 6.07) is 3.34. The van der Waals surface area contributed by atoms with Crippen molar-refractivity contribution in [3.05, 3.63) is 59.7 Å². The molecule has 2 aromatic carbocycles. The number of carboxylic acid groups (broad SMARTS) is 7. The minimum atomic E-state index is -2.33. The molecule has 0 radical (unpaired) electrons. The summed E-state index contributed by atoms with van der Waals surface area (Å²) in [7, 11) is 0. The van der Waals surface area contributed by atoms with Gasteiger partial charge in [-0.15, -0.1) is 0 Å². The molecule has 452 valence electrons. The molecule has 82 heavy (non-hydrogen) atoms. The summed E-state index contributed by atoms with van der Waals surface area (Å²) < 4.78 is 5.23. The molecule has 0 bridgehead atoms. The van der Waals surface area contributed by atoms with E-state index in [0.29, 0.717) is 6.29 Å². The lowest BCUT2D eigenvalue weighted by molar-refractivity contribution is -0.145. The summed E-state index contributed by atoms with van der Waals surface area (Å²) in [6.07, 6.45) is -7.51. The molecular formula is C49H67N9O24. The van der Waals surface area contributed by atoms with Crippen LogP contribution in [-0.2, 0) is 76.7 Å². The van der Waals surface area contributed by atoms with Gasteiger partial charge in [-0.05, 0) is 22.3 Å². The second-order valence-corrected chi connectivity index (χ2v) is 16.3. The molecule has 0 aliphatic heterocycles. The van der Waals surface area contributed by atoms with Crippen LogP contribution >= 0.6 is 0 Å². The van der Waals surface area contributed by atoms with Crippen LogP contribution < -0.4 is 48.1 Å². The number of carboxylic acids is 7. The first kappa shape index (κ1) is 74.0. The summed E-state index contributed by atoms with van der Waals surface area (Å²) >= 11 is 0. The number of carbonyl (C=O) groups excluding carboxylic acids is 9. The summed E-state index contributed by atoms with van der Waals surface area (Å²) in [5, 5.41) is 77.2. The van der Waals surface area contributed by atoms with Crippen molar-refractivity contribution in [2.75, 3.05) is 19.7 Å². The van der Waals surface area contributed by atoms with Gasteiger partial charge in [0, 0.05) is 12.8 Å². The van der Waals surface area contributed by atoms with Gasteiger partial charge < -0.3 is 82.5 Å². The first-order valence-corrected chi connectivity index (χ1v) is 23.5. The maximum Gasteiger partial charge on any atom is 0.407 e. The van der Waals surface area contributed by atoms with Crippen molar-refractivity contribution < 1.29 is 117 Å². The normalized spacial score (nSPS) is 12.7. The molecular weight excluding hydrogens is 1100 g/mol. The van der Waals surface area contributed by atoms with Crippen molar-refractivity contribution in [3.63, 3.8) is 0 Å². The maximum absolute atomic E-state index is 13.2. The Hall–Kier alpha value is -10.1. The van der Waals surface area contributed by atoms with Crippen LogP contribution in [-0.4, -0.2) is 187 Å². The van der Waals surface area contributed by atoms with Crippen molar-refractivity contribution in [1.29, 1.82) is 0 Å². The van der Waals surface area contributed by atoms with E-state index >= 15 is 0 Å². The van der Waals surface area contributed by atoms with Crippen LogP contribution in [0.1, 0.15) is 91.2 Å². The van der Waals surface area contributed by atoms with E-state index in [-0.39, 0.29) is 33.9 Å². The van der Waals surface area contributed by atoms with Crippen molar-refractivity contribution in [2.24, 2.45) is 0 Å². The van der Waals surface area contributed by atoms with Crippen molar-refractivity contribution >= 4 is 95.5 Å². The molecule has 3 rings (SSSR count). The highest BCUT2D eigenvalue weighted by Crippen LogP contribution is 2.44. The van der Waals surface area contributed by atoms with Gasteiger partial charge in [-0.25, -0.2) is 10.2 Å². The Kier molecular flexibility index (Phi) is 34.0. The van der Waals surface area contributed by atoms with Gasteiger partial charge in [0.2, 0.25) is 41.4 Å². The summed E-state index contributed by atoms with van der Waals surface area (Å²) in [4.78, 5) is 190. The summed E-state index contributed by atoms with van der Waals surface area (Å²) in [6.45, 7) is 4.15. The van der Waals surface area contributed by atoms with E-state index in [1.54, 1.807) is 26.6 Å². The zero-order valence-corrected chi connectivity index (χ0v) is 42.7. The Morgan fingerprint density at radius 1 is 0.463 bits per heavy atom. The Morgan fingerprint density at radius 2 is 0.768 bits per heavy atom. The third-order valence-corrected chi connectivity index (χ3v) is 10.3. The van der Waals surface area contributed by atoms with E-state index in [1.807, 2.05) is 54.3 Å². The van der Waals surface area contributed by atoms with Crippen LogP contribution in [0, 0.1) is 0 Å². The Balaban J connectivity index is 0. The number of hydrogen-bond acceptors (Lipinski definition) is 18. The van der Waals surface area contributed by atoms with E-state index in [0.717, 1.165) is 6.92 Å². The highest BCUT2D eigenvalue weighted by atomic mass is 16.5. The molecule has 1 aliphatic carbocycles. The summed E-state index contributed by atoms with van der Waals surface area (Å²) in [5.41, 5.74) is 8.65. The summed E-state index contributed by atoms with van der Waals surface area (Å²) in [5.74, 6) is -22.2. The lowest BCUT2D eigenvalue weighted by Crippen LogP contribution is -2.61. The molecule has 8 amide bonds. The lowest BCUT2D eigenvalue weighted by Gasteiger charge is -2.26. The highest BCUT2D eigenvalue weighted by molar-refractivity contribution is 6.00. The Morgan fingerprint density at radius 3 is 1.07 bits per heavy atom. The highest BCUT2D eigenvalue weighted by Gasteiger charge is 2.37. The third kappa shape index (κ3) is 27.0. The van der Waals surface area contributed by atoms with Gasteiger partial charge in [0.1, 0.15) is 55.7 Å². The first-order valence-electron chi connectivity index (χ1n) is 23.5. The molecule has 2 aromatic rings. The van der Waals surface area contributed by atoms with Gasteiger partial charge in [-0.2, -0.15) is 0 Å². The smallest absolute Gasteiger partial charge is 0.407 e. The van der Waals surface area contributed by atoms with Gasteiger partial charge >= 0.3 is 47.9 Å². The SMILES string of the molecule is C.C.CC.CC(=O)NNC(CC(=O)O)C(=O)N[C@@H](CC(=O)O)C(=O)NC(CC(=O)O)C(=O)N[C@@H](CC(=O)O)C(=O)NC(CC(=O)O)C(=O)N[C@@H](CC(=O)O)C(=O)NCC(=O)O.O=CCNC(=O)OCC1c2ccccc2-c2ccccc21. The van der Waals surface area contributed by atoms with Gasteiger partial charge in [-0.1, -0.05) is 77.2 Å². The molecule has 3 unspecified atom stereocenters. The van der Waals surface area contributed by atoms with Crippen LogP contribution in [0.25, 0.3) is 11.1 Å². The predicted molar refractivity (Wildman–Crippen MR) is 279 cm³/mol. The minimum Gasteiger partial charge on any atom is -0.481 e. The molecule has 0 heterocycles. The number of amides is 8. The number of rotatable bonds is 31. The third-order valence-electron chi connectivity index (χ3n) is 10.3. The number of hydrogen-bond donors (Lipinski definition) is 16. The molecule has 16 N–H and O–H groups in total. The number of nitrogens with one attached hydrogen (secondary N) is 9. The molecule has 1 aliphatic rings. The molecule has 0 spiro atoms. The monoisotopic (exact) mass is 1170 g/mol. The number of benzene rings is 2. The Labute approximate surface area is 466 Å². The second kappa shape index (κ2) is 37.7. The molecule has 0 saturated carbocycles. The zero-order valence-electron chi connectivity index (χ0n) is 42.7. The topological polar surface area (TPSA) is 532 Å². The number of ether oxygens (including phenoxy) is 1. The van der Waals surface area contributed by atoms with Crippen LogP contribution in [0.15, 0.2) is 48.5 Å². The van der Waals surface area contributed by atoms with Crippen LogP contribution in [0.4, 0.5) is 4.79 Å². The lowest BCUT2D eigenvalue weighted by atomic mass is 9.98. The van der Waals surface area contributed by atoms with Gasteiger partial charge in [0.05, 0.1) is 45.1 Å². The fourth-order valence-corrected chi connectivity index (χ4v) is 6.91. The van der Waals surface area contributed by atoms with Gasteiger partial charge in [0.15, 0.2) is 0 Å². The van der Waals surface area contributed by atoms with E-state index in [1.165, 1.54) is 22.3 Å². The van der Waals surface area contributed by atoms with E-state index < -0.39 is 171 Å². The van der Waals surface area contributed by atoms with Crippen LogP contribution in [0.5, 0.6) is 0 Å². The molecule has 0 aromatic heterocycles. The average Bonchev–Trinajstić information content (AvgIpc) is 3.69. The molecule has 0 fully saturated rings. The quantitative estimate of drug-likeness (QED) is 0.0274. The largest absolute Gasteiger partial charge is 0.481 e. The second-order valence-electron chi connectivity index (χ2n) is 16.3. The number of hydrazine groups is 1. The van der Waals surface area contributed by atoms with E-state index in [9.17, 15) is 97.1 Å². The van der Waals surface area contributed by atoms with Gasteiger partial charge in [-0.3, -0.25) is 72.5 Å². The number of carbonyl (C=O) groups is 16. The zero-order chi connectivity index (χ0) is 60.8. The van der Waals surface area contributed by atoms with Crippen molar-refractivity contribution in [2.45, 2.75) is 116 Å². The average molecular weight is 1170 g/mol. The number of aldehydes is 1. The fraction of sp³-hybridized carbons (Fsp3) is 0.429. The number of fused-ring (bicyclic) bond motifs is 3. The maximum atomic E-state index is 13.2. The molecule has 6 atom stereocenters. The minimum absolute atomic E-state index is 0. The standard InChI is InChI=1S/C28H38N8O21.C17H15NO3.C2H6.2CH4/c1-9(37)35-36-15(7-21(48)49)28(57)34-14(6-20(46)47)27(56)33-13(5-19(44)45)26(55)32-12(4-18(42)43)25(54)31-11(3-17(40)41)24(53)30-10(2-16(38)39)23(52)29-8-22(50)51;19-10-9-18-17(20)21-11-16-14-7-3-1-5-12(14)13-6-2-4-8-15(13)16;1-2;;/h10-15,36H,2-8H2,1H3,(H,29,52)(H,30,53)(H,31,54)(H,32,55)(H,33,56)(H,34,57)(H,35,37)(H,38,39)(H,40,41)(H,42,43)(H,44,45)(H,46,47)(H,48,49)(H,50,51);1-8,10,16H,9,11H2,(H,18,20);1-2H3;2*1H4/t10-,11?,12-,13?,14-,15?;;;;/m0..../s1. The van der Waals surface area contributed by atoms with E-state index in [4.69, 9.17) is 20.1 Å². The van der Waals surface area contributed by atoms with E-state index in [2.05, 4.69) is 29.6 Å². The van der Waals surface area contributed by atoms with Gasteiger partial charge in [0.25, 0.3) is 0 Å². The van der Waals surface area contributed by atoms with Crippen molar-refractivity contribution in [1.82, 2.24) is 48.1 Å². The first-order chi connectivity index (χ1) is 37.6. The van der Waals surface area contributed by atoms with Crippen LogP contribution in [0.3, 0.4) is 0 Å². The molecule has 33 nitrogen and oxygen atoms in total. The molecule has 0 saturated heterocycles. The van der Waals surface area contributed by atoms with Crippen molar-refractivity contribution in [3.8, 4) is 11.1 Å². The fourth-order valence-electron chi connectivity index (χ4n) is 6.91.